The zero-order chi connectivity index (χ0) is 20.7. The Morgan fingerprint density at radius 2 is 2.13 bits per heavy atom. The molecule has 30 heavy (non-hydrogen) atoms. The van der Waals surface area contributed by atoms with Crippen LogP contribution in [0.4, 0.5) is 0 Å². The summed E-state index contributed by atoms with van der Waals surface area (Å²) in [5.74, 6) is 0.290. The Kier molecular flexibility index (Phi) is 4.48. The van der Waals surface area contributed by atoms with Crippen LogP contribution in [0.2, 0.25) is 0 Å². The van der Waals surface area contributed by atoms with Gasteiger partial charge in [0.15, 0.2) is 5.65 Å². The summed E-state index contributed by atoms with van der Waals surface area (Å²) < 4.78 is 1.24. The van der Waals surface area contributed by atoms with Crippen LogP contribution in [0, 0.1) is 11.3 Å². The first kappa shape index (κ1) is 18.4. The maximum atomic E-state index is 12.7. The minimum atomic E-state index is -0.284. The first-order valence-electron chi connectivity index (χ1n) is 9.46. The maximum absolute atomic E-state index is 12.7. The molecule has 1 amide bonds. The summed E-state index contributed by atoms with van der Waals surface area (Å²) in [6.07, 6.45) is 3.49. The summed E-state index contributed by atoms with van der Waals surface area (Å²) in [6.45, 7) is 0. The van der Waals surface area contributed by atoms with E-state index in [1.807, 2.05) is 30.3 Å². The van der Waals surface area contributed by atoms with Crippen molar-refractivity contribution in [3.05, 3.63) is 69.8 Å². The number of hydrogen-bond acceptors (Lipinski definition) is 6. The quantitative estimate of drug-likeness (QED) is 0.483. The zero-order valence-corrected chi connectivity index (χ0v) is 16.6. The number of fused-ring (bicyclic) bond motifs is 2. The predicted octanol–water partition coefficient (Wildman–Crippen LogP) is 2.63. The lowest BCUT2D eigenvalue weighted by Crippen LogP contribution is -2.25. The fourth-order valence-corrected chi connectivity index (χ4v) is 4.04. The molecule has 0 bridgehead atoms. The molecule has 0 spiro atoms. The number of aromatic nitrogens is 4. The Bertz CT molecular complexity index is 1400. The number of thioether (sulfide) groups is 1. The van der Waals surface area contributed by atoms with Crippen LogP contribution >= 0.6 is 11.8 Å². The Balaban J connectivity index is 1.47. The molecule has 0 aliphatic heterocycles. The summed E-state index contributed by atoms with van der Waals surface area (Å²) >= 11 is 1.39. The molecule has 3 heterocycles. The number of carbonyl (C=O) groups excluding carboxylic acids is 1. The van der Waals surface area contributed by atoms with Crippen molar-refractivity contribution in [2.75, 3.05) is 0 Å². The molecule has 2 N–H and O–H groups in total. The average Bonchev–Trinajstić information content (AvgIpc) is 3.47. The van der Waals surface area contributed by atoms with Gasteiger partial charge in [0.05, 0.1) is 21.8 Å². The van der Waals surface area contributed by atoms with Crippen LogP contribution in [0.15, 0.2) is 52.4 Å². The maximum Gasteiger partial charge on any atom is 0.272 e. The molecule has 0 unspecified atom stereocenters. The third kappa shape index (κ3) is 3.42. The molecule has 1 saturated carbocycles. The SMILES string of the molecule is N#Cc1c[nH]n2c(=O)cc(CSc3cc(C(=O)NC4CC4)c4ccccc4n3)nc12. The molecule has 0 atom stereocenters. The molecule has 9 heteroatoms. The molecule has 148 valence electrons. The van der Waals surface area contributed by atoms with Gasteiger partial charge in [-0.05, 0) is 25.0 Å². The number of aromatic amines is 1. The van der Waals surface area contributed by atoms with Crippen molar-refractivity contribution in [1.82, 2.24) is 24.9 Å². The zero-order valence-electron chi connectivity index (χ0n) is 15.8. The van der Waals surface area contributed by atoms with Crippen LogP contribution < -0.4 is 10.9 Å². The molecule has 0 radical (unpaired) electrons. The highest BCUT2D eigenvalue weighted by atomic mass is 32.2. The summed E-state index contributed by atoms with van der Waals surface area (Å²) in [5.41, 5.74) is 2.20. The first-order chi connectivity index (χ1) is 14.6. The first-order valence-corrected chi connectivity index (χ1v) is 10.4. The van der Waals surface area contributed by atoms with E-state index in [0.717, 1.165) is 23.7 Å². The van der Waals surface area contributed by atoms with Crippen LogP contribution in [0.1, 0.15) is 34.5 Å². The van der Waals surface area contributed by atoms with Crippen LogP contribution in [0.5, 0.6) is 0 Å². The van der Waals surface area contributed by atoms with Crippen LogP contribution in [0.25, 0.3) is 16.6 Å². The number of para-hydroxylation sites is 1. The number of nitrogens with zero attached hydrogens (tertiary/aromatic N) is 4. The molecule has 1 aliphatic carbocycles. The van der Waals surface area contributed by atoms with Crippen molar-refractivity contribution < 1.29 is 4.79 Å². The monoisotopic (exact) mass is 416 g/mol. The normalized spacial score (nSPS) is 13.4. The number of pyridine rings is 1. The van der Waals surface area contributed by atoms with Crippen molar-refractivity contribution in [2.45, 2.75) is 29.7 Å². The standard InChI is InChI=1S/C21H16N6O2S/c22-9-12-10-23-27-19(28)7-14(24-20(12)27)11-30-18-8-16(21(29)25-13-5-6-13)15-3-1-2-4-17(15)26-18/h1-4,7-8,10,13,23H,5-6,11H2,(H,25,29). The number of nitrogens with one attached hydrogen (secondary N) is 2. The largest absolute Gasteiger partial charge is 0.349 e. The Labute approximate surface area is 174 Å². The van der Waals surface area contributed by atoms with Crippen molar-refractivity contribution in [3.63, 3.8) is 0 Å². The second kappa shape index (κ2) is 7.31. The molecule has 0 saturated heterocycles. The summed E-state index contributed by atoms with van der Waals surface area (Å²) in [7, 11) is 0. The minimum Gasteiger partial charge on any atom is -0.349 e. The second-order valence-electron chi connectivity index (χ2n) is 7.11. The Morgan fingerprint density at radius 3 is 2.93 bits per heavy atom. The fraction of sp³-hybridized carbons (Fsp3) is 0.190. The van der Waals surface area contributed by atoms with Crippen molar-refractivity contribution >= 4 is 34.2 Å². The lowest BCUT2D eigenvalue weighted by molar-refractivity contribution is 0.0952. The number of amides is 1. The molecule has 1 aromatic carbocycles. The summed E-state index contributed by atoms with van der Waals surface area (Å²) in [4.78, 5) is 34.1. The number of rotatable bonds is 5. The van der Waals surface area contributed by atoms with Gasteiger partial charge in [0.2, 0.25) is 0 Å². The number of hydrogen-bond donors (Lipinski definition) is 2. The number of H-pyrrole nitrogens is 1. The lowest BCUT2D eigenvalue weighted by atomic mass is 10.1. The van der Waals surface area contributed by atoms with E-state index in [1.54, 1.807) is 6.07 Å². The molecule has 4 aromatic rings. The van der Waals surface area contributed by atoms with E-state index in [0.29, 0.717) is 33.2 Å². The molecule has 1 fully saturated rings. The van der Waals surface area contributed by atoms with Gasteiger partial charge < -0.3 is 5.32 Å². The number of benzene rings is 1. The van der Waals surface area contributed by atoms with E-state index in [2.05, 4.69) is 20.4 Å². The molecule has 5 rings (SSSR count). The average molecular weight is 416 g/mol. The van der Waals surface area contributed by atoms with Crippen molar-refractivity contribution in [3.8, 4) is 6.07 Å². The van der Waals surface area contributed by atoms with E-state index in [9.17, 15) is 14.9 Å². The molecule has 8 nitrogen and oxygen atoms in total. The highest BCUT2D eigenvalue weighted by molar-refractivity contribution is 7.98. The van der Waals surface area contributed by atoms with Gasteiger partial charge in [0.1, 0.15) is 11.6 Å². The molecule has 1 aliphatic rings. The van der Waals surface area contributed by atoms with Gasteiger partial charge >= 0.3 is 0 Å². The molecular formula is C21H16N6O2S. The third-order valence-corrected chi connectivity index (χ3v) is 5.83. The topological polar surface area (TPSA) is 116 Å². The van der Waals surface area contributed by atoms with Crippen molar-refractivity contribution in [1.29, 1.82) is 5.26 Å². The fourth-order valence-electron chi connectivity index (χ4n) is 3.24. The van der Waals surface area contributed by atoms with Crippen LogP contribution in [-0.2, 0) is 5.75 Å². The van der Waals surface area contributed by atoms with E-state index >= 15 is 0 Å². The Hall–Kier alpha value is -3.64. The minimum absolute atomic E-state index is 0.0956. The molecular weight excluding hydrogens is 400 g/mol. The lowest BCUT2D eigenvalue weighted by Gasteiger charge is -2.10. The van der Waals surface area contributed by atoms with Gasteiger partial charge in [-0.25, -0.2) is 14.5 Å². The van der Waals surface area contributed by atoms with Gasteiger partial charge in [-0.15, -0.1) is 0 Å². The highest BCUT2D eigenvalue weighted by Crippen LogP contribution is 2.27. The van der Waals surface area contributed by atoms with E-state index in [-0.39, 0.29) is 17.5 Å². The van der Waals surface area contributed by atoms with Crippen LogP contribution in [-0.4, -0.2) is 31.5 Å². The second-order valence-corrected chi connectivity index (χ2v) is 8.10. The van der Waals surface area contributed by atoms with E-state index < -0.39 is 0 Å². The number of nitriles is 1. The van der Waals surface area contributed by atoms with Gasteiger partial charge in [0, 0.05) is 29.4 Å². The van der Waals surface area contributed by atoms with E-state index in [1.165, 1.54) is 28.5 Å². The highest BCUT2D eigenvalue weighted by Gasteiger charge is 2.25. The Morgan fingerprint density at radius 1 is 1.30 bits per heavy atom. The van der Waals surface area contributed by atoms with Gasteiger partial charge in [-0.3, -0.25) is 14.7 Å². The van der Waals surface area contributed by atoms with Gasteiger partial charge in [-0.2, -0.15) is 5.26 Å². The van der Waals surface area contributed by atoms with Gasteiger partial charge in [-0.1, -0.05) is 30.0 Å². The smallest absolute Gasteiger partial charge is 0.272 e. The van der Waals surface area contributed by atoms with Crippen LogP contribution in [0.3, 0.4) is 0 Å². The van der Waals surface area contributed by atoms with E-state index in [4.69, 9.17) is 0 Å². The summed E-state index contributed by atoms with van der Waals surface area (Å²) in [6, 6.07) is 13.0. The number of carbonyl (C=O) groups is 1. The summed E-state index contributed by atoms with van der Waals surface area (Å²) in [5, 5.41) is 16.4. The van der Waals surface area contributed by atoms with Gasteiger partial charge in [0.25, 0.3) is 11.5 Å². The third-order valence-electron chi connectivity index (χ3n) is 4.89. The van der Waals surface area contributed by atoms with Crippen molar-refractivity contribution in [2.24, 2.45) is 0 Å². The molecule has 3 aromatic heterocycles. The predicted molar refractivity (Wildman–Crippen MR) is 112 cm³/mol.